The van der Waals surface area contributed by atoms with Crippen LogP contribution in [0.25, 0.3) is 27.7 Å². The number of piperidine rings is 1. The van der Waals surface area contributed by atoms with E-state index in [9.17, 15) is 33.0 Å². The summed E-state index contributed by atoms with van der Waals surface area (Å²) in [6.07, 6.45) is 0.401. The number of nitrogens with zero attached hydrogens (tertiary/aromatic N) is 4. The Morgan fingerprint density at radius 3 is 2.40 bits per heavy atom. The van der Waals surface area contributed by atoms with Crippen LogP contribution >= 0.6 is 23.2 Å². The van der Waals surface area contributed by atoms with Crippen molar-refractivity contribution in [1.29, 1.82) is 0 Å². The second-order valence-electron chi connectivity index (χ2n) is 13.9. The molecule has 272 valence electrons. The maximum Gasteiger partial charge on any atom is 0.417 e. The van der Waals surface area contributed by atoms with Gasteiger partial charge in [-0.05, 0) is 67.4 Å². The maximum absolute atomic E-state index is 14.4. The average Bonchev–Trinajstić information content (AvgIpc) is 3.84. The molecule has 0 bridgehead atoms. The van der Waals surface area contributed by atoms with Crippen LogP contribution in [-0.4, -0.2) is 68.9 Å². The number of aliphatic hydroxyl groups excluding tert-OH is 1. The molecule has 3 atom stereocenters. The second kappa shape index (κ2) is 13.0. The Morgan fingerprint density at radius 2 is 1.75 bits per heavy atom. The van der Waals surface area contributed by atoms with Gasteiger partial charge in [0.05, 0.1) is 27.2 Å². The van der Waals surface area contributed by atoms with E-state index < -0.39 is 47.9 Å². The summed E-state index contributed by atoms with van der Waals surface area (Å²) in [5.74, 6) is -1.46. The molecule has 3 aromatic heterocycles. The highest BCUT2D eigenvalue weighted by atomic mass is 35.5. The van der Waals surface area contributed by atoms with Gasteiger partial charge in [0.1, 0.15) is 17.1 Å². The molecule has 2 saturated heterocycles. The van der Waals surface area contributed by atoms with Crippen LogP contribution in [0.15, 0.2) is 47.3 Å². The van der Waals surface area contributed by atoms with E-state index in [0.29, 0.717) is 52.1 Å². The predicted molar refractivity (Wildman–Crippen MR) is 182 cm³/mol. The van der Waals surface area contributed by atoms with Gasteiger partial charge in [-0.2, -0.15) is 13.2 Å². The van der Waals surface area contributed by atoms with E-state index in [2.05, 4.69) is 21.2 Å². The zero-order valence-corrected chi connectivity index (χ0v) is 28.8. The molecule has 16 heteroatoms. The molecule has 1 aromatic carbocycles. The van der Waals surface area contributed by atoms with Gasteiger partial charge in [0.15, 0.2) is 6.10 Å². The number of pyridine rings is 2. The first-order valence-corrected chi connectivity index (χ1v) is 17.6. The molecule has 0 amide bonds. The van der Waals surface area contributed by atoms with Crippen LogP contribution in [0.4, 0.5) is 18.9 Å². The molecule has 8 rings (SSSR count). The number of carboxylic acids is 1. The molecule has 4 aromatic rings. The molecule has 1 saturated carbocycles. The van der Waals surface area contributed by atoms with Crippen molar-refractivity contribution in [2.45, 2.75) is 75.5 Å². The summed E-state index contributed by atoms with van der Waals surface area (Å²) in [5, 5.41) is 24.2. The van der Waals surface area contributed by atoms with Crippen LogP contribution in [-0.2, 0) is 20.4 Å². The number of alkyl halides is 3. The first-order chi connectivity index (χ1) is 24.8. The third-order valence-electron chi connectivity index (χ3n) is 10.3. The third-order valence-corrected chi connectivity index (χ3v) is 10.9. The summed E-state index contributed by atoms with van der Waals surface area (Å²) >= 11 is 13.0. The van der Waals surface area contributed by atoms with Gasteiger partial charge < -0.3 is 29.1 Å². The lowest BCUT2D eigenvalue weighted by molar-refractivity contribution is -0.204. The van der Waals surface area contributed by atoms with Crippen LogP contribution in [0, 0.1) is 5.41 Å². The van der Waals surface area contributed by atoms with Crippen LogP contribution < -0.4 is 4.90 Å². The van der Waals surface area contributed by atoms with E-state index in [4.69, 9.17) is 37.2 Å². The molecule has 11 nitrogen and oxygen atoms in total. The molecule has 1 spiro atoms. The zero-order chi connectivity index (χ0) is 36.5. The summed E-state index contributed by atoms with van der Waals surface area (Å²) in [6.45, 7) is 1.21. The fourth-order valence-corrected chi connectivity index (χ4v) is 8.02. The van der Waals surface area contributed by atoms with Crippen molar-refractivity contribution in [3.05, 3.63) is 75.4 Å². The summed E-state index contributed by atoms with van der Waals surface area (Å²) in [4.78, 5) is 34.5. The van der Waals surface area contributed by atoms with Crippen molar-refractivity contribution < 1.29 is 47.0 Å². The highest BCUT2D eigenvalue weighted by molar-refractivity contribution is 6.39. The highest BCUT2D eigenvalue weighted by Gasteiger charge is 2.44. The molecule has 5 heterocycles. The molecule has 0 radical (unpaired) electrons. The number of aromatic nitrogens is 3. The molecular weight excluding hydrogens is 728 g/mol. The second-order valence-corrected chi connectivity index (χ2v) is 14.7. The van der Waals surface area contributed by atoms with Gasteiger partial charge in [0.25, 0.3) is 0 Å². The number of carboxylic acid groups (broad SMARTS) is 1. The number of benzene rings is 1. The number of fused-ring (bicyclic) bond motifs is 1. The van der Waals surface area contributed by atoms with Gasteiger partial charge in [0, 0.05) is 66.4 Å². The molecule has 2 N–H and O–H groups in total. The largest absolute Gasteiger partial charge is 0.479 e. The summed E-state index contributed by atoms with van der Waals surface area (Å²) in [7, 11) is 0. The number of hydrogen-bond donors (Lipinski definition) is 2. The fraction of sp³-hybridized carbons (Fsp3) is 0.417. The number of allylic oxidation sites excluding steroid dienone is 2. The number of anilines is 1. The third kappa shape index (κ3) is 6.50. The average molecular weight is 760 g/mol. The first kappa shape index (κ1) is 34.8. The maximum atomic E-state index is 14.4. The van der Waals surface area contributed by atoms with Gasteiger partial charge >= 0.3 is 18.1 Å². The minimum atomic E-state index is -4.83. The number of carbonyl (C=O) groups is 2. The molecule has 3 fully saturated rings. The quantitative estimate of drug-likeness (QED) is 0.179. The van der Waals surface area contributed by atoms with E-state index in [1.54, 1.807) is 6.07 Å². The molecule has 4 aliphatic rings. The van der Waals surface area contributed by atoms with Crippen LogP contribution in [0.5, 0.6) is 0 Å². The first-order valence-electron chi connectivity index (χ1n) is 16.8. The topological polar surface area (TPSA) is 148 Å². The lowest BCUT2D eigenvalue weighted by Gasteiger charge is -2.47. The van der Waals surface area contributed by atoms with Crippen molar-refractivity contribution in [2.24, 2.45) is 5.41 Å². The van der Waals surface area contributed by atoms with Crippen LogP contribution in [0.2, 0.25) is 10.0 Å². The summed E-state index contributed by atoms with van der Waals surface area (Å²) in [6, 6.07) is 5.17. The number of aliphatic hydroxyl groups is 1. The number of halogens is 5. The Morgan fingerprint density at radius 1 is 1.04 bits per heavy atom. The van der Waals surface area contributed by atoms with Gasteiger partial charge in [0.2, 0.25) is 6.29 Å². The number of aliphatic carboxylic acids is 1. The van der Waals surface area contributed by atoms with Crippen molar-refractivity contribution in [2.75, 3.05) is 18.0 Å². The zero-order valence-electron chi connectivity index (χ0n) is 27.3. The number of esters is 1. The highest BCUT2D eigenvalue weighted by Crippen LogP contribution is 2.56. The number of carbonyl (C=O) groups excluding carboxylic acids is 1. The normalized spacial score (nSPS) is 23.0. The molecule has 2 aliphatic carbocycles. The van der Waals surface area contributed by atoms with Gasteiger partial charge in [-0.1, -0.05) is 34.4 Å². The SMILES string of the molecule is O=C(O[C@H]1C[C@@H](O)C[C@@H](C(=O)O)O1)c1cc(C(F)(F)F)c2cc(N3CCC4(C=C(c5c(-c6c(Cl)cncc6Cl)noc5C5CC5)C4)CC3)ccc2n1. The van der Waals surface area contributed by atoms with Gasteiger partial charge in [-0.25, -0.2) is 14.6 Å². The van der Waals surface area contributed by atoms with Crippen molar-refractivity contribution in [3.8, 4) is 11.3 Å². The van der Waals surface area contributed by atoms with Gasteiger partial charge in [-0.3, -0.25) is 4.98 Å². The Hall–Kier alpha value is -4.24. The lowest BCUT2D eigenvalue weighted by atomic mass is 9.63. The van der Waals surface area contributed by atoms with E-state index in [-0.39, 0.29) is 29.2 Å². The Kier molecular flexibility index (Phi) is 8.71. The minimum absolute atomic E-state index is 0.0658. The summed E-state index contributed by atoms with van der Waals surface area (Å²) in [5.41, 5.74) is 2.00. The Labute approximate surface area is 304 Å². The molecular formula is C36H31Cl2F3N4O7. The number of ether oxygens (including phenoxy) is 2. The van der Waals surface area contributed by atoms with Gasteiger partial charge in [-0.15, -0.1) is 0 Å². The van der Waals surface area contributed by atoms with Crippen LogP contribution in [0.1, 0.15) is 78.2 Å². The monoisotopic (exact) mass is 758 g/mol. The van der Waals surface area contributed by atoms with E-state index in [0.717, 1.165) is 49.0 Å². The molecule has 52 heavy (non-hydrogen) atoms. The molecule has 2 aliphatic heterocycles. The van der Waals surface area contributed by atoms with Crippen LogP contribution in [0.3, 0.4) is 0 Å². The van der Waals surface area contributed by atoms with E-state index in [1.807, 2.05) is 4.90 Å². The molecule has 0 unspecified atom stereocenters. The van der Waals surface area contributed by atoms with Crippen molar-refractivity contribution in [3.63, 3.8) is 0 Å². The van der Waals surface area contributed by atoms with E-state index in [1.165, 1.54) is 24.5 Å². The van der Waals surface area contributed by atoms with E-state index >= 15 is 0 Å². The predicted octanol–water partition coefficient (Wildman–Crippen LogP) is 7.67. The number of rotatable bonds is 7. The minimum Gasteiger partial charge on any atom is -0.479 e. The van der Waals surface area contributed by atoms with Crippen molar-refractivity contribution in [1.82, 2.24) is 15.1 Å². The number of hydrogen-bond acceptors (Lipinski definition) is 10. The Bertz CT molecular complexity index is 2110. The Balaban J connectivity index is 1.01. The smallest absolute Gasteiger partial charge is 0.417 e. The van der Waals surface area contributed by atoms with Crippen molar-refractivity contribution >= 4 is 57.3 Å². The lowest BCUT2D eigenvalue weighted by Crippen LogP contribution is -2.42. The standard InChI is InChI=1S/C36H31Cl2F3N4O7/c37-23-15-42-16-24(38)30(23)31-29(32(52-44-31)17-1-2-17)18-13-35(14-18)5-7-45(8-6-35)19-3-4-25-21(9-19)22(36(39,40)41)12-26(43-25)34(49)51-28-11-20(46)10-27(50-28)33(47)48/h3-4,9,12-13,15-17,20,27-28,46H,1-2,5-8,10-11,14H2,(H,47,48)/t20-,27-,28-/m0/s1. The fourth-order valence-electron chi connectivity index (χ4n) is 7.48. The summed E-state index contributed by atoms with van der Waals surface area (Å²) < 4.78 is 59.4.